The number of rotatable bonds is 6. The average Bonchev–Trinajstić information content (AvgIpc) is 3.33. The van der Waals surface area contributed by atoms with E-state index in [1.807, 2.05) is 17.0 Å². The van der Waals surface area contributed by atoms with Crippen LogP contribution in [0.1, 0.15) is 23.9 Å². The highest BCUT2D eigenvalue weighted by molar-refractivity contribution is 7.98. The SMILES string of the molecule is CCCc1cc(-c2nnc(SCc3cc(=O)n4ccsc4n3)n2C)cs1. The lowest BCUT2D eigenvalue weighted by atomic mass is 10.2. The van der Waals surface area contributed by atoms with E-state index in [0.717, 1.165) is 35.1 Å². The topological polar surface area (TPSA) is 65.1 Å². The van der Waals surface area contributed by atoms with Crippen LogP contribution in [0.15, 0.2) is 39.0 Å². The van der Waals surface area contributed by atoms with Crippen LogP contribution in [-0.2, 0) is 19.2 Å². The quantitative estimate of drug-likeness (QED) is 0.458. The second-order valence-electron chi connectivity index (χ2n) is 5.85. The largest absolute Gasteiger partial charge is 0.305 e. The van der Waals surface area contributed by atoms with Gasteiger partial charge in [-0.25, -0.2) is 4.98 Å². The molecule has 0 bridgehead atoms. The molecule has 134 valence electrons. The van der Waals surface area contributed by atoms with E-state index < -0.39 is 0 Å². The van der Waals surface area contributed by atoms with Gasteiger partial charge in [-0.05, 0) is 12.5 Å². The molecule has 4 aromatic rings. The molecule has 0 radical (unpaired) electrons. The minimum absolute atomic E-state index is 0.0489. The molecule has 0 unspecified atom stereocenters. The van der Waals surface area contributed by atoms with Crippen LogP contribution in [0.2, 0.25) is 0 Å². The summed E-state index contributed by atoms with van der Waals surface area (Å²) in [7, 11) is 1.97. The van der Waals surface area contributed by atoms with E-state index in [2.05, 4.69) is 33.6 Å². The maximum Gasteiger partial charge on any atom is 0.258 e. The number of thiophene rings is 1. The minimum atomic E-state index is -0.0489. The number of aromatic nitrogens is 5. The van der Waals surface area contributed by atoms with Gasteiger partial charge in [-0.15, -0.1) is 32.9 Å². The second kappa shape index (κ2) is 7.34. The monoisotopic (exact) mass is 403 g/mol. The molecule has 0 amide bonds. The van der Waals surface area contributed by atoms with Gasteiger partial charge in [0.15, 0.2) is 15.9 Å². The number of hydrogen-bond donors (Lipinski definition) is 0. The highest BCUT2D eigenvalue weighted by atomic mass is 32.2. The van der Waals surface area contributed by atoms with Crippen molar-refractivity contribution in [2.24, 2.45) is 7.05 Å². The highest BCUT2D eigenvalue weighted by Gasteiger charge is 2.14. The lowest BCUT2D eigenvalue weighted by molar-refractivity contribution is 0.793. The molecule has 0 N–H and O–H groups in total. The van der Waals surface area contributed by atoms with Crippen LogP contribution in [0.3, 0.4) is 0 Å². The summed E-state index contributed by atoms with van der Waals surface area (Å²) in [5.74, 6) is 1.45. The normalized spacial score (nSPS) is 11.5. The van der Waals surface area contributed by atoms with Crippen molar-refractivity contribution in [2.75, 3.05) is 0 Å². The standard InChI is InChI=1S/C17H17N5OS3/c1-3-4-13-7-11(9-25-13)15-19-20-17(21(15)2)26-10-12-8-14(23)22-5-6-24-16(22)18-12/h5-9H,3-4,10H2,1-2H3. The zero-order chi connectivity index (χ0) is 18.1. The molecule has 9 heteroatoms. The average molecular weight is 404 g/mol. The van der Waals surface area contributed by atoms with Crippen molar-refractivity contribution in [3.63, 3.8) is 0 Å². The number of fused-ring (bicyclic) bond motifs is 1. The molecule has 0 aromatic carbocycles. The fourth-order valence-corrected chi connectivity index (χ4v) is 5.18. The third-order valence-corrected chi connectivity index (χ3v) is 6.76. The van der Waals surface area contributed by atoms with E-state index in [0.29, 0.717) is 10.7 Å². The summed E-state index contributed by atoms with van der Waals surface area (Å²) < 4.78 is 3.56. The van der Waals surface area contributed by atoms with Crippen LogP contribution in [0.25, 0.3) is 16.3 Å². The Morgan fingerprint density at radius 3 is 2.96 bits per heavy atom. The van der Waals surface area contributed by atoms with Crippen molar-refractivity contribution < 1.29 is 0 Å². The molecule has 4 aromatic heterocycles. The molecule has 6 nitrogen and oxygen atoms in total. The Hall–Kier alpha value is -1.97. The first-order valence-corrected chi connectivity index (χ1v) is 11.0. The lowest BCUT2D eigenvalue weighted by Crippen LogP contribution is -2.12. The van der Waals surface area contributed by atoms with Gasteiger partial charge in [0.05, 0.1) is 5.69 Å². The number of aryl methyl sites for hydroxylation is 1. The van der Waals surface area contributed by atoms with Gasteiger partial charge in [-0.2, -0.15) is 0 Å². The summed E-state index contributed by atoms with van der Waals surface area (Å²) in [5, 5.41) is 13.5. The van der Waals surface area contributed by atoms with Crippen LogP contribution < -0.4 is 5.56 Å². The maximum atomic E-state index is 12.1. The molecular weight excluding hydrogens is 386 g/mol. The summed E-state index contributed by atoms with van der Waals surface area (Å²) >= 11 is 4.76. The molecule has 4 heterocycles. The lowest BCUT2D eigenvalue weighted by Gasteiger charge is -2.03. The zero-order valence-corrected chi connectivity index (χ0v) is 16.8. The fourth-order valence-electron chi connectivity index (χ4n) is 2.67. The molecular formula is C17H17N5OS3. The van der Waals surface area contributed by atoms with Crippen LogP contribution in [0.4, 0.5) is 0 Å². The van der Waals surface area contributed by atoms with Crippen molar-refractivity contribution >= 4 is 39.4 Å². The number of nitrogens with zero attached hydrogens (tertiary/aromatic N) is 5. The van der Waals surface area contributed by atoms with Crippen molar-refractivity contribution in [1.82, 2.24) is 24.1 Å². The molecule has 0 aliphatic carbocycles. The Bertz CT molecular complexity index is 1110. The highest BCUT2D eigenvalue weighted by Crippen LogP contribution is 2.28. The summed E-state index contributed by atoms with van der Waals surface area (Å²) in [4.78, 5) is 18.7. The molecule has 26 heavy (non-hydrogen) atoms. The van der Waals surface area contributed by atoms with E-state index in [9.17, 15) is 4.79 Å². The Kier molecular flexibility index (Phi) is 4.92. The van der Waals surface area contributed by atoms with Crippen LogP contribution in [0.5, 0.6) is 0 Å². The van der Waals surface area contributed by atoms with Gasteiger partial charge < -0.3 is 4.57 Å². The number of thioether (sulfide) groups is 1. The van der Waals surface area contributed by atoms with Crippen molar-refractivity contribution in [2.45, 2.75) is 30.7 Å². The Morgan fingerprint density at radius 1 is 1.23 bits per heavy atom. The molecule has 0 saturated heterocycles. The van der Waals surface area contributed by atoms with Crippen LogP contribution in [-0.4, -0.2) is 24.1 Å². The molecule has 0 spiro atoms. The number of hydrogen-bond acceptors (Lipinski definition) is 7. The smallest absolute Gasteiger partial charge is 0.258 e. The van der Waals surface area contributed by atoms with Crippen molar-refractivity contribution in [3.8, 4) is 11.4 Å². The Morgan fingerprint density at radius 2 is 2.12 bits per heavy atom. The first-order valence-electron chi connectivity index (χ1n) is 8.21. The molecule has 0 saturated carbocycles. The van der Waals surface area contributed by atoms with Crippen molar-refractivity contribution in [3.05, 3.63) is 50.0 Å². The first-order chi connectivity index (χ1) is 12.7. The second-order valence-corrected chi connectivity index (χ2v) is 8.66. The maximum absolute atomic E-state index is 12.1. The van der Waals surface area contributed by atoms with Crippen LogP contribution >= 0.6 is 34.4 Å². The third-order valence-electron chi connectivity index (χ3n) is 3.95. The predicted octanol–water partition coefficient (Wildman–Crippen LogP) is 3.86. The third kappa shape index (κ3) is 3.34. The van der Waals surface area contributed by atoms with E-state index in [1.54, 1.807) is 28.0 Å². The Labute approximate surface area is 162 Å². The Balaban J connectivity index is 1.53. The van der Waals surface area contributed by atoms with Crippen molar-refractivity contribution in [1.29, 1.82) is 0 Å². The zero-order valence-electron chi connectivity index (χ0n) is 14.4. The molecule has 0 fully saturated rings. The van der Waals surface area contributed by atoms with Gasteiger partial charge in [-0.1, -0.05) is 25.1 Å². The summed E-state index contributed by atoms with van der Waals surface area (Å²) in [6.45, 7) is 2.18. The van der Waals surface area contributed by atoms with Gasteiger partial charge in [0.25, 0.3) is 5.56 Å². The van der Waals surface area contributed by atoms with E-state index in [1.165, 1.54) is 28.0 Å². The van der Waals surface area contributed by atoms with E-state index in [4.69, 9.17) is 0 Å². The van der Waals surface area contributed by atoms with Gasteiger partial charge >= 0.3 is 0 Å². The van der Waals surface area contributed by atoms with Gasteiger partial charge in [0, 0.05) is 46.3 Å². The van der Waals surface area contributed by atoms with E-state index >= 15 is 0 Å². The summed E-state index contributed by atoms with van der Waals surface area (Å²) in [6.07, 6.45) is 3.98. The fraction of sp³-hybridized carbons (Fsp3) is 0.294. The first kappa shape index (κ1) is 17.4. The van der Waals surface area contributed by atoms with E-state index in [-0.39, 0.29) is 5.56 Å². The predicted molar refractivity (Wildman–Crippen MR) is 107 cm³/mol. The summed E-state index contributed by atoms with van der Waals surface area (Å²) in [5.41, 5.74) is 1.82. The minimum Gasteiger partial charge on any atom is -0.305 e. The summed E-state index contributed by atoms with van der Waals surface area (Å²) in [6, 6.07) is 3.78. The van der Waals surface area contributed by atoms with Gasteiger partial charge in [0.2, 0.25) is 0 Å². The molecule has 0 aliphatic heterocycles. The molecule has 4 rings (SSSR count). The molecule has 0 aliphatic rings. The van der Waals surface area contributed by atoms with Crippen LogP contribution in [0, 0.1) is 0 Å². The van der Waals surface area contributed by atoms with Gasteiger partial charge in [0.1, 0.15) is 0 Å². The number of thiazole rings is 1. The van der Waals surface area contributed by atoms with Gasteiger partial charge in [-0.3, -0.25) is 9.20 Å². The molecule has 0 atom stereocenters.